The fourth-order valence-electron chi connectivity index (χ4n) is 2.59. The molecule has 1 aliphatic rings. The van der Waals surface area contributed by atoms with Crippen molar-refractivity contribution in [1.29, 1.82) is 0 Å². The zero-order valence-electron chi connectivity index (χ0n) is 12.2. The van der Waals surface area contributed by atoms with Crippen LogP contribution in [0.15, 0.2) is 30.3 Å². The third kappa shape index (κ3) is 3.83. The first-order valence-electron chi connectivity index (χ1n) is 7.21. The van der Waals surface area contributed by atoms with Crippen LogP contribution in [-0.4, -0.2) is 31.9 Å². The van der Waals surface area contributed by atoms with Crippen LogP contribution in [0, 0.1) is 5.92 Å². The average molecular weight is 310 g/mol. The minimum atomic E-state index is -3.03. The summed E-state index contributed by atoms with van der Waals surface area (Å²) in [6.45, 7) is 1.95. The van der Waals surface area contributed by atoms with Crippen LogP contribution in [-0.2, 0) is 14.6 Å². The van der Waals surface area contributed by atoms with Gasteiger partial charge in [-0.1, -0.05) is 37.3 Å². The van der Waals surface area contributed by atoms with Gasteiger partial charge in [-0.05, 0) is 18.4 Å². The SMILES string of the molecule is CC(C(=O)NCC1CCCS1(=O)=O)C(N)c1ccccc1. The number of carbonyl (C=O) groups excluding carboxylic acids is 1. The van der Waals surface area contributed by atoms with Crippen molar-refractivity contribution in [3.63, 3.8) is 0 Å². The summed E-state index contributed by atoms with van der Waals surface area (Å²) in [6.07, 6.45) is 1.31. The number of sulfone groups is 1. The van der Waals surface area contributed by atoms with E-state index < -0.39 is 27.0 Å². The Kier molecular flexibility index (Phi) is 5.00. The van der Waals surface area contributed by atoms with Crippen molar-refractivity contribution in [1.82, 2.24) is 5.32 Å². The maximum absolute atomic E-state index is 12.1. The molecule has 1 saturated heterocycles. The van der Waals surface area contributed by atoms with Crippen LogP contribution in [0.5, 0.6) is 0 Å². The molecule has 1 heterocycles. The third-order valence-corrected chi connectivity index (χ3v) is 6.38. The van der Waals surface area contributed by atoms with Crippen LogP contribution in [0.3, 0.4) is 0 Å². The first-order valence-corrected chi connectivity index (χ1v) is 8.93. The van der Waals surface area contributed by atoms with Gasteiger partial charge in [-0.3, -0.25) is 4.79 Å². The monoisotopic (exact) mass is 310 g/mol. The zero-order chi connectivity index (χ0) is 15.5. The number of carbonyl (C=O) groups is 1. The van der Waals surface area contributed by atoms with Crippen molar-refractivity contribution >= 4 is 15.7 Å². The molecule has 1 aromatic carbocycles. The second-order valence-electron chi connectivity index (χ2n) is 5.60. The summed E-state index contributed by atoms with van der Waals surface area (Å²) in [7, 11) is -3.03. The normalized spacial score (nSPS) is 23.4. The molecule has 1 aromatic rings. The average Bonchev–Trinajstić information content (AvgIpc) is 2.82. The van der Waals surface area contributed by atoms with Gasteiger partial charge in [-0.2, -0.15) is 0 Å². The van der Waals surface area contributed by atoms with Gasteiger partial charge in [-0.25, -0.2) is 8.42 Å². The lowest BCUT2D eigenvalue weighted by Gasteiger charge is -2.20. The first-order chi connectivity index (χ1) is 9.92. The van der Waals surface area contributed by atoms with Gasteiger partial charge in [-0.15, -0.1) is 0 Å². The van der Waals surface area contributed by atoms with Crippen molar-refractivity contribution < 1.29 is 13.2 Å². The molecule has 0 aromatic heterocycles. The first kappa shape index (κ1) is 16.0. The van der Waals surface area contributed by atoms with Crippen molar-refractivity contribution in [3.8, 4) is 0 Å². The van der Waals surface area contributed by atoms with Crippen LogP contribution in [0.1, 0.15) is 31.4 Å². The lowest BCUT2D eigenvalue weighted by Crippen LogP contribution is -2.40. The fraction of sp³-hybridized carbons (Fsp3) is 0.533. The van der Waals surface area contributed by atoms with E-state index >= 15 is 0 Å². The summed E-state index contributed by atoms with van der Waals surface area (Å²) >= 11 is 0. The Bertz CT molecular complexity index is 586. The number of amides is 1. The summed E-state index contributed by atoms with van der Waals surface area (Å²) in [5.41, 5.74) is 6.99. The molecular weight excluding hydrogens is 288 g/mol. The number of nitrogens with one attached hydrogen (secondary N) is 1. The van der Waals surface area contributed by atoms with E-state index in [9.17, 15) is 13.2 Å². The van der Waals surface area contributed by atoms with Crippen molar-refractivity contribution in [2.24, 2.45) is 11.7 Å². The molecular formula is C15H22N2O3S. The third-order valence-electron chi connectivity index (χ3n) is 4.10. The smallest absolute Gasteiger partial charge is 0.224 e. The van der Waals surface area contributed by atoms with E-state index in [2.05, 4.69) is 5.32 Å². The minimum absolute atomic E-state index is 0.188. The summed E-state index contributed by atoms with van der Waals surface area (Å²) in [4.78, 5) is 12.1. The van der Waals surface area contributed by atoms with Crippen LogP contribution >= 0.6 is 0 Å². The number of rotatable bonds is 5. The van der Waals surface area contributed by atoms with Gasteiger partial charge in [0.25, 0.3) is 0 Å². The Hall–Kier alpha value is -1.40. The molecule has 3 N–H and O–H groups in total. The van der Waals surface area contributed by atoms with Crippen LogP contribution < -0.4 is 11.1 Å². The predicted octanol–water partition coefficient (Wildman–Crippen LogP) is 1.02. The second-order valence-corrected chi connectivity index (χ2v) is 8.00. The minimum Gasteiger partial charge on any atom is -0.355 e. The highest BCUT2D eigenvalue weighted by atomic mass is 32.2. The number of hydrogen-bond acceptors (Lipinski definition) is 4. The summed E-state index contributed by atoms with van der Waals surface area (Å²) in [5, 5.41) is 2.29. The van der Waals surface area contributed by atoms with Gasteiger partial charge in [0.05, 0.1) is 16.9 Å². The van der Waals surface area contributed by atoms with Crippen molar-refractivity contribution in [3.05, 3.63) is 35.9 Å². The molecule has 2 rings (SSSR count). The van der Waals surface area contributed by atoms with E-state index in [-0.39, 0.29) is 18.2 Å². The number of benzene rings is 1. The molecule has 0 radical (unpaired) electrons. The molecule has 21 heavy (non-hydrogen) atoms. The van der Waals surface area contributed by atoms with E-state index in [1.807, 2.05) is 30.3 Å². The highest BCUT2D eigenvalue weighted by molar-refractivity contribution is 7.92. The Labute approximate surface area is 125 Å². The lowest BCUT2D eigenvalue weighted by molar-refractivity contribution is -0.125. The number of hydrogen-bond donors (Lipinski definition) is 2. The van der Waals surface area contributed by atoms with E-state index in [1.54, 1.807) is 6.92 Å². The van der Waals surface area contributed by atoms with Gasteiger partial charge in [0, 0.05) is 12.6 Å². The highest BCUT2D eigenvalue weighted by Crippen LogP contribution is 2.21. The van der Waals surface area contributed by atoms with Gasteiger partial charge in [0.15, 0.2) is 9.84 Å². The molecule has 3 atom stereocenters. The van der Waals surface area contributed by atoms with Gasteiger partial charge < -0.3 is 11.1 Å². The largest absolute Gasteiger partial charge is 0.355 e. The molecule has 1 aliphatic heterocycles. The highest BCUT2D eigenvalue weighted by Gasteiger charge is 2.32. The lowest BCUT2D eigenvalue weighted by atomic mass is 9.94. The molecule has 0 saturated carbocycles. The molecule has 0 bridgehead atoms. The molecule has 116 valence electrons. The Morgan fingerprint density at radius 1 is 1.38 bits per heavy atom. The molecule has 5 nitrogen and oxygen atoms in total. The Balaban J connectivity index is 1.91. The van der Waals surface area contributed by atoms with Gasteiger partial charge in [0.1, 0.15) is 0 Å². The van der Waals surface area contributed by atoms with E-state index in [4.69, 9.17) is 5.73 Å². The van der Waals surface area contributed by atoms with E-state index in [0.29, 0.717) is 12.8 Å². The predicted molar refractivity (Wildman–Crippen MR) is 82.4 cm³/mol. The molecule has 1 amide bonds. The molecule has 0 spiro atoms. The van der Waals surface area contributed by atoms with Crippen molar-refractivity contribution in [2.75, 3.05) is 12.3 Å². The fourth-order valence-corrected chi connectivity index (χ4v) is 4.36. The van der Waals surface area contributed by atoms with E-state index in [1.165, 1.54) is 0 Å². The maximum atomic E-state index is 12.1. The van der Waals surface area contributed by atoms with E-state index in [0.717, 1.165) is 5.56 Å². The maximum Gasteiger partial charge on any atom is 0.224 e. The number of nitrogens with two attached hydrogens (primary N) is 1. The molecule has 1 fully saturated rings. The summed E-state index contributed by atoms with van der Waals surface area (Å²) < 4.78 is 23.4. The standard InChI is InChI=1S/C15H22N2O3S/c1-11(14(16)12-6-3-2-4-7-12)15(18)17-10-13-8-5-9-21(13,19)20/h2-4,6-7,11,13-14H,5,8-10,16H2,1H3,(H,17,18). The van der Waals surface area contributed by atoms with Crippen LogP contribution in [0.25, 0.3) is 0 Å². The topological polar surface area (TPSA) is 89.3 Å². The van der Waals surface area contributed by atoms with Gasteiger partial charge in [0.2, 0.25) is 5.91 Å². The summed E-state index contributed by atoms with van der Waals surface area (Å²) in [6, 6.07) is 9.03. The second kappa shape index (κ2) is 6.58. The van der Waals surface area contributed by atoms with Gasteiger partial charge >= 0.3 is 0 Å². The molecule has 6 heteroatoms. The quantitative estimate of drug-likeness (QED) is 0.849. The van der Waals surface area contributed by atoms with Crippen LogP contribution in [0.4, 0.5) is 0 Å². The molecule has 0 aliphatic carbocycles. The Morgan fingerprint density at radius 3 is 2.62 bits per heavy atom. The Morgan fingerprint density at radius 2 is 2.05 bits per heavy atom. The zero-order valence-corrected chi connectivity index (χ0v) is 13.0. The summed E-state index contributed by atoms with van der Waals surface area (Å²) in [5.74, 6) is -0.378. The van der Waals surface area contributed by atoms with Crippen molar-refractivity contribution in [2.45, 2.75) is 31.1 Å². The van der Waals surface area contributed by atoms with Crippen LogP contribution in [0.2, 0.25) is 0 Å². The molecule has 3 unspecified atom stereocenters.